The van der Waals surface area contributed by atoms with Gasteiger partial charge in [-0.15, -0.1) is 0 Å². The Morgan fingerprint density at radius 1 is 1.14 bits per heavy atom. The number of carbonyl (C=O) groups excluding carboxylic acids is 1. The predicted molar refractivity (Wildman–Crippen MR) is 85.5 cm³/mol. The van der Waals surface area contributed by atoms with E-state index in [1.165, 1.54) is 0 Å². The first-order valence-corrected chi connectivity index (χ1v) is 7.16. The summed E-state index contributed by atoms with van der Waals surface area (Å²) in [4.78, 5) is 24.5. The lowest BCUT2D eigenvalue weighted by molar-refractivity contribution is 0.249. The summed E-state index contributed by atoms with van der Waals surface area (Å²) in [6, 6.07) is 3.33. The van der Waals surface area contributed by atoms with Gasteiger partial charge in [-0.3, -0.25) is 4.98 Å². The number of nitrogens with zero attached hydrogens (tertiary/aromatic N) is 3. The largest absolute Gasteiger partial charge is 0.331 e. The second-order valence-electron chi connectivity index (χ2n) is 6.15. The van der Waals surface area contributed by atoms with E-state index in [0.717, 1.165) is 11.4 Å². The Morgan fingerprint density at radius 2 is 1.73 bits per heavy atom. The van der Waals surface area contributed by atoms with E-state index in [4.69, 9.17) is 0 Å². The maximum Gasteiger partial charge on any atom is 0.319 e. The van der Waals surface area contributed by atoms with Gasteiger partial charge in [-0.25, -0.2) is 14.8 Å². The summed E-state index contributed by atoms with van der Waals surface area (Å²) < 4.78 is 0. The van der Waals surface area contributed by atoms with Gasteiger partial charge in [0.1, 0.15) is 5.82 Å². The molecule has 0 aromatic carbocycles. The van der Waals surface area contributed by atoms with Crippen molar-refractivity contribution < 1.29 is 4.79 Å². The Labute approximate surface area is 130 Å². The van der Waals surface area contributed by atoms with Crippen LogP contribution in [0.3, 0.4) is 0 Å². The molecule has 0 radical (unpaired) electrons. The monoisotopic (exact) mass is 299 g/mol. The first-order valence-electron chi connectivity index (χ1n) is 7.16. The minimum absolute atomic E-state index is 0.113. The summed E-state index contributed by atoms with van der Waals surface area (Å²) in [6.07, 6.45) is 6.63. The molecule has 0 saturated heterocycles. The Kier molecular flexibility index (Phi) is 4.70. The highest BCUT2D eigenvalue weighted by Gasteiger charge is 2.17. The van der Waals surface area contributed by atoms with Crippen LogP contribution in [0.1, 0.15) is 45.1 Å². The molecule has 116 valence electrons. The van der Waals surface area contributed by atoms with E-state index in [-0.39, 0.29) is 17.5 Å². The van der Waals surface area contributed by atoms with Gasteiger partial charge >= 0.3 is 6.03 Å². The lowest BCUT2D eigenvalue weighted by Gasteiger charge is -2.17. The summed E-state index contributed by atoms with van der Waals surface area (Å²) in [5.74, 6) is 0.739. The van der Waals surface area contributed by atoms with Crippen LogP contribution >= 0.6 is 0 Å². The molecule has 6 nitrogen and oxygen atoms in total. The fourth-order valence-corrected chi connectivity index (χ4v) is 1.88. The van der Waals surface area contributed by atoms with Gasteiger partial charge < -0.3 is 10.6 Å². The molecular formula is C16H21N5O. The predicted octanol–water partition coefficient (Wildman–Crippen LogP) is 3.05. The summed E-state index contributed by atoms with van der Waals surface area (Å²) in [7, 11) is 0. The molecule has 0 aliphatic heterocycles. The van der Waals surface area contributed by atoms with Crippen molar-refractivity contribution in [1.82, 2.24) is 20.3 Å². The maximum absolute atomic E-state index is 12.0. The zero-order chi connectivity index (χ0) is 16.2. The molecule has 2 heterocycles. The van der Waals surface area contributed by atoms with Gasteiger partial charge in [0.05, 0.1) is 24.1 Å². The van der Waals surface area contributed by atoms with Gasteiger partial charge in [0.25, 0.3) is 0 Å². The van der Waals surface area contributed by atoms with Crippen LogP contribution in [0.25, 0.3) is 0 Å². The molecule has 2 amide bonds. The fraction of sp³-hybridized carbons (Fsp3) is 0.375. The van der Waals surface area contributed by atoms with Crippen molar-refractivity contribution in [3.05, 3.63) is 48.3 Å². The van der Waals surface area contributed by atoms with Gasteiger partial charge in [-0.1, -0.05) is 20.8 Å². The van der Waals surface area contributed by atoms with E-state index in [1.54, 1.807) is 24.8 Å². The molecule has 6 heteroatoms. The minimum Gasteiger partial charge on any atom is -0.331 e. The molecule has 0 aliphatic carbocycles. The van der Waals surface area contributed by atoms with E-state index < -0.39 is 0 Å². The topological polar surface area (TPSA) is 79.8 Å². The molecule has 22 heavy (non-hydrogen) atoms. The Bertz CT molecular complexity index is 619. The third kappa shape index (κ3) is 4.25. The zero-order valence-corrected chi connectivity index (χ0v) is 13.3. The molecule has 1 atom stereocenters. The molecule has 0 saturated carbocycles. The number of amides is 2. The molecule has 2 aromatic rings. The van der Waals surface area contributed by atoms with E-state index >= 15 is 0 Å². The Hall–Kier alpha value is -2.50. The van der Waals surface area contributed by atoms with Gasteiger partial charge in [0.2, 0.25) is 0 Å². The Morgan fingerprint density at radius 3 is 2.27 bits per heavy atom. The molecule has 0 aliphatic rings. The number of hydrogen-bond donors (Lipinski definition) is 2. The number of pyridine rings is 1. The quantitative estimate of drug-likeness (QED) is 0.913. The van der Waals surface area contributed by atoms with Crippen molar-refractivity contribution in [2.75, 3.05) is 5.32 Å². The van der Waals surface area contributed by atoms with Crippen molar-refractivity contribution in [2.24, 2.45) is 0 Å². The number of carbonyl (C=O) groups is 1. The van der Waals surface area contributed by atoms with Crippen LogP contribution in [0.5, 0.6) is 0 Å². The van der Waals surface area contributed by atoms with Crippen LogP contribution in [-0.2, 0) is 5.41 Å². The number of rotatable bonds is 3. The highest BCUT2D eigenvalue weighted by Crippen LogP contribution is 2.18. The van der Waals surface area contributed by atoms with Crippen LogP contribution in [0.4, 0.5) is 10.5 Å². The minimum atomic E-state index is -0.295. The summed E-state index contributed by atoms with van der Waals surface area (Å²) in [5, 5.41) is 5.59. The summed E-state index contributed by atoms with van der Waals surface area (Å²) >= 11 is 0. The number of nitrogens with one attached hydrogen (secondary N) is 2. The van der Waals surface area contributed by atoms with Gasteiger partial charge in [-0.2, -0.15) is 0 Å². The number of hydrogen-bond acceptors (Lipinski definition) is 4. The van der Waals surface area contributed by atoms with Gasteiger partial charge in [0, 0.05) is 17.8 Å². The lowest BCUT2D eigenvalue weighted by atomic mass is 9.96. The van der Waals surface area contributed by atoms with Gasteiger partial charge in [0.15, 0.2) is 0 Å². The molecule has 0 spiro atoms. The number of urea groups is 1. The molecule has 0 fully saturated rings. The van der Waals surface area contributed by atoms with Crippen molar-refractivity contribution in [1.29, 1.82) is 0 Å². The van der Waals surface area contributed by atoms with Crippen molar-refractivity contribution >= 4 is 11.7 Å². The van der Waals surface area contributed by atoms with Crippen LogP contribution in [0.2, 0.25) is 0 Å². The van der Waals surface area contributed by atoms with E-state index in [1.807, 2.05) is 39.8 Å². The van der Waals surface area contributed by atoms with Crippen molar-refractivity contribution in [3.8, 4) is 0 Å². The van der Waals surface area contributed by atoms with Gasteiger partial charge in [-0.05, 0) is 24.6 Å². The Balaban J connectivity index is 1.95. The van der Waals surface area contributed by atoms with E-state index in [2.05, 4.69) is 25.6 Å². The molecule has 2 rings (SSSR count). The van der Waals surface area contributed by atoms with Crippen molar-refractivity contribution in [2.45, 2.75) is 39.2 Å². The molecule has 0 bridgehead atoms. The van der Waals surface area contributed by atoms with Crippen LogP contribution in [0.15, 0.2) is 36.9 Å². The lowest BCUT2D eigenvalue weighted by Crippen LogP contribution is -2.31. The molecule has 2 aromatic heterocycles. The average Bonchev–Trinajstić information content (AvgIpc) is 2.47. The highest BCUT2D eigenvalue weighted by molar-refractivity contribution is 5.89. The maximum atomic E-state index is 12.0. The highest BCUT2D eigenvalue weighted by atomic mass is 16.2. The second kappa shape index (κ2) is 6.51. The second-order valence-corrected chi connectivity index (χ2v) is 6.15. The van der Waals surface area contributed by atoms with Crippen LogP contribution < -0.4 is 10.6 Å². The van der Waals surface area contributed by atoms with Crippen molar-refractivity contribution in [3.63, 3.8) is 0 Å². The molecule has 1 unspecified atom stereocenters. The first kappa shape index (κ1) is 15.9. The third-order valence-electron chi connectivity index (χ3n) is 3.13. The summed E-state index contributed by atoms with van der Waals surface area (Å²) in [6.45, 7) is 8.03. The standard InChI is InChI=1S/C16H21N5O/c1-11(12-5-7-17-8-6-12)20-15(22)21-13-9-18-14(19-10-13)16(2,3)4/h5-11H,1-4H3,(H2,20,21,22). The number of aromatic nitrogens is 3. The van der Waals surface area contributed by atoms with Crippen LogP contribution in [-0.4, -0.2) is 21.0 Å². The van der Waals surface area contributed by atoms with E-state index in [9.17, 15) is 4.79 Å². The average molecular weight is 299 g/mol. The SMILES string of the molecule is CC(NC(=O)Nc1cnc(C(C)(C)C)nc1)c1ccncc1. The normalized spacial score (nSPS) is 12.5. The zero-order valence-electron chi connectivity index (χ0n) is 13.3. The fourth-order valence-electron chi connectivity index (χ4n) is 1.88. The number of anilines is 1. The molecule has 2 N–H and O–H groups in total. The smallest absolute Gasteiger partial charge is 0.319 e. The molecular weight excluding hydrogens is 278 g/mol. The third-order valence-corrected chi connectivity index (χ3v) is 3.13. The van der Waals surface area contributed by atoms with E-state index in [0.29, 0.717) is 5.69 Å². The summed E-state index contributed by atoms with van der Waals surface area (Å²) in [5.41, 5.74) is 1.44. The van der Waals surface area contributed by atoms with Crippen LogP contribution in [0, 0.1) is 0 Å². The first-order chi connectivity index (χ1) is 10.4.